The van der Waals surface area contributed by atoms with Gasteiger partial charge in [0.15, 0.2) is 5.16 Å². The normalized spacial score (nSPS) is 10.7. The Balaban J connectivity index is 2.13. The third kappa shape index (κ3) is 2.70. The summed E-state index contributed by atoms with van der Waals surface area (Å²) in [5.41, 5.74) is 0.740. The van der Waals surface area contributed by atoms with E-state index in [-0.39, 0.29) is 5.69 Å². The highest BCUT2D eigenvalue weighted by molar-refractivity contribution is 7.98. The zero-order valence-corrected chi connectivity index (χ0v) is 10.8. The number of aromatic nitrogens is 4. The Bertz CT molecular complexity index is 565. The van der Waals surface area contributed by atoms with Crippen LogP contribution in [0.5, 0.6) is 0 Å². The molecule has 2 aromatic heterocycles. The predicted octanol–water partition coefficient (Wildman–Crippen LogP) is 1.93. The Morgan fingerprint density at radius 2 is 2.41 bits per heavy atom. The minimum atomic E-state index is -0.188. The van der Waals surface area contributed by atoms with E-state index >= 15 is 0 Å². The van der Waals surface area contributed by atoms with E-state index < -0.39 is 0 Å². The Morgan fingerprint density at radius 3 is 3.12 bits per heavy atom. The summed E-state index contributed by atoms with van der Waals surface area (Å²) in [6, 6.07) is 3.74. The quantitative estimate of drug-likeness (QED) is 0.681. The van der Waals surface area contributed by atoms with Crippen molar-refractivity contribution in [2.45, 2.75) is 24.4 Å². The summed E-state index contributed by atoms with van der Waals surface area (Å²) in [5, 5.41) is 7.53. The number of hydrogen-bond donors (Lipinski definition) is 1. The molecule has 0 bridgehead atoms. The van der Waals surface area contributed by atoms with E-state index in [0.717, 1.165) is 5.56 Å². The zero-order chi connectivity index (χ0) is 12.3. The monoisotopic (exact) mass is 270 g/mol. The van der Waals surface area contributed by atoms with Crippen LogP contribution >= 0.6 is 23.4 Å². The molecule has 0 saturated heterocycles. The van der Waals surface area contributed by atoms with Crippen LogP contribution in [0.25, 0.3) is 0 Å². The molecule has 0 aliphatic carbocycles. The molecule has 1 N–H and O–H groups in total. The Morgan fingerprint density at radius 1 is 1.59 bits per heavy atom. The Labute approximate surface area is 107 Å². The van der Waals surface area contributed by atoms with Crippen LogP contribution in [-0.2, 0) is 12.3 Å². The number of H-pyrrole nitrogens is 1. The van der Waals surface area contributed by atoms with Gasteiger partial charge in [-0.05, 0) is 18.6 Å². The number of halogens is 1. The summed E-state index contributed by atoms with van der Waals surface area (Å²) in [4.78, 5) is 15.3. The summed E-state index contributed by atoms with van der Waals surface area (Å²) in [5.74, 6) is 0.636. The van der Waals surface area contributed by atoms with E-state index in [1.165, 1.54) is 11.8 Å². The molecule has 0 radical (unpaired) electrons. The molecule has 0 atom stereocenters. The van der Waals surface area contributed by atoms with E-state index in [4.69, 9.17) is 11.6 Å². The zero-order valence-electron chi connectivity index (χ0n) is 9.18. The maximum Gasteiger partial charge on any atom is 0.343 e. The number of nitrogens with one attached hydrogen (secondary N) is 1. The average molecular weight is 271 g/mol. The standard InChI is InChI=1S/C10H11ClN4OS/c1-2-15-9(16)13-14-10(15)17-6-7-4-3-5-12-8(7)11/h3-5H,2,6H2,1H3,(H,13,16). The van der Waals surface area contributed by atoms with Crippen molar-refractivity contribution in [3.8, 4) is 0 Å². The lowest BCUT2D eigenvalue weighted by Crippen LogP contribution is -2.16. The second-order valence-electron chi connectivity index (χ2n) is 3.30. The van der Waals surface area contributed by atoms with Crippen molar-refractivity contribution >= 4 is 23.4 Å². The summed E-state index contributed by atoms with van der Waals surface area (Å²) >= 11 is 7.40. The van der Waals surface area contributed by atoms with Gasteiger partial charge in [-0.3, -0.25) is 4.57 Å². The van der Waals surface area contributed by atoms with Crippen LogP contribution in [0.15, 0.2) is 28.3 Å². The smallest absolute Gasteiger partial charge is 0.270 e. The second kappa shape index (κ2) is 5.37. The molecule has 7 heteroatoms. The van der Waals surface area contributed by atoms with Gasteiger partial charge < -0.3 is 0 Å². The summed E-state index contributed by atoms with van der Waals surface area (Å²) in [7, 11) is 0. The minimum Gasteiger partial charge on any atom is -0.270 e. The molecule has 0 unspecified atom stereocenters. The number of hydrogen-bond acceptors (Lipinski definition) is 4. The highest BCUT2D eigenvalue weighted by Crippen LogP contribution is 2.23. The average Bonchev–Trinajstić information content (AvgIpc) is 2.69. The van der Waals surface area contributed by atoms with Gasteiger partial charge in [0.05, 0.1) is 0 Å². The summed E-state index contributed by atoms with van der Waals surface area (Å²) < 4.78 is 1.58. The summed E-state index contributed by atoms with van der Waals surface area (Å²) in [6.45, 7) is 2.50. The van der Waals surface area contributed by atoms with Crippen molar-refractivity contribution in [1.29, 1.82) is 0 Å². The van der Waals surface area contributed by atoms with Gasteiger partial charge in [-0.25, -0.2) is 14.9 Å². The van der Waals surface area contributed by atoms with Crippen LogP contribution in [0.2, 0.25) is 5.15 Å². The Kier molecular flexibility index (Phi) is 3.86. The van der Waals surface area contributed by atoms with Gasteiger partial charge in [0.25, 0.3) is 0 Å². The van der Waals surface area contributed by atoms with E-state index in [2.05, 4.69) is 15.2 Å². The molecule has 0 aliphatic heterocycles. The first-order chi connectivity index (χ1) is 8.22. The van der Waals surface area contributed by atoms with E-state index in [1.54, 1.807) is 10.8 Å². The molecule has 2 aromatic rings. The maximum atomic E-state index is 11.3. The molecule has 0 amide bonds. The van der Waals surface area contributed by atoms with Gasteiger partial charge in [-0.1, -0.05) is 29.4 Å². The molecule has 0 spiro atoms. The van der Waals surface area contributed by atoms with E-state index in [0.29, 0.717) is 22.6 Å². The van der Waals surface area contributed by atoms with Crippen LogP contribution in [0.1, 0.15) is 12.5 Å². The van der Waals surface area contributed by atoms with Crippen molar-refractivity contribution in [3.05, 3.63) is 39.5 Å². The molecule has 2 heterocycles. The molecule has 0 aromatic carbocycles. The van der Waals surface area contributed by atoms with Crippen LogP contribution in [-0.4, -0.2) is 19.7 Å². The molecule has 0 aliphatic rings. The second-order valence-corrected chi connectivity index (χ2v) is 4.60. The van der Waals surface area contributed by atoms with Gasteiger partial charge >= 0.3 is 5.69 Å². The lowest BCUT2D eigenvalue weighted by molar-refractivity contribution is 0.660. The minimum absolute atomic E-state index is 0.188. The van der Waals surface area contributed by atoms with Crippen molar-refractivity contribution in [2.75, 3.05) is 0 Å². The fraction of sp³-hybridized carbons (Fsp3) is 0.300. The van der Waals surface area contributed by atoms with Gasteiger partial charge in [0.1, 0.15) is 5.15 Å². The molecule has 17 heavy (non-hydrogen) atoms. The third-order valence-electron chi connectivity index (χ3n) is 2.23. The number of nitrogens with zero attached hydrogens (tertiary/aromatic N) is 3. The summed E-state index contributed by atoms with van der Waals surface area (Å²) in [6.07, 6.45) is 1.65. The lowest BCUT2D eigenvalue weighted by atomic mass is 10.3. The Hall–Kier alpha value is -1.27. The molecule has 90 valence electrons. The topological polar surface area (TPSA) is 63.6 Å². The SMILES string of the molecule is CCn1c(SCc2cccnc2Cl)n[nH]c1=O. The highest BCUT2D eigenvalue weighted by Gasteiger charge is 2.08. The van der Waals surface area contributed by atoms with Gasteiger partial charge in [-0.15, -0.1) is 5.10 Å². The van der Waals surface area contributed by atoms with Crippen LogP contribution in [0.4, 0.5) is 0 Å². The fourth-order valence-corrected chi connectivity index (χ4v) is 2.62. The maximum absolute atomic E-state index is 11.3. The highest BCUT2D eigenvalue weighted by atomic mass is 35.5. The van der Waals surface area contributed by atoms with Crippen LogP contribution in [0, 0.1) is 0 Å². The van der Waals surface area contributed by atoms with Crippen LogP contribution in [0.3, 0.4) is 0 Å². The number of thioether (sulfide) groups is 1. The molecular formula is C10H11ClN4OS. The first-order valence-electron chi connectivity index (χ1n) is 5.09. The van der Waals surface area contributed by atoms with Gasteiger partial charge in [0, 0.05) is 18.5 Å². The van der Waals surface area contributed by atoms with Crippen molar-refractivity contribution in [3.63, 3.8) is 0 Å². The van der Waals surface area contributed by atoms with E-state index in [9.17, 15) is 4.79 Å². The van der Waals surface area contributed by atoms with Gasteiger partial charge in [-0.2, -0.15) is 0 Å². The number of rotatable bonds is 4. The largest absolute Gasteiger partial charge is 0.343 e. The molecule has 0 fully saturated rings. The molecular weight excluding hydrogens is 260 g/mol. The van der Waals surface area contributed by atoms with Crippen molar-refractivity contribution < 1.29 is 0 Å². The third-order valence-corrected chi connectivity index (χ3v) is 3.60. The fourth-order valence-electron chi connectivity index (χ4n) is 1.36. The number of pyridine rings is 1. The molecule has 2 rings (SSSR count). The van der Waals surface area contributed by atoms with Crippen molar-refractivity contribution in [2.24, 2.45) is 0 Å². The van der Waals surface area contributed by atoms with E-state index in [1.807, 2.05) is 19.1 Å². The first-order valence-corrected chi connectivity index (χ1v) is 6.46. The molecule has 0 saturated carbocycles. The lowest BCUT2D eigenvalue weighted by Gasteiger charge is -2.03. The van der Waals surface area contributed by atoms with Crippen LogP contribution < -0.4 is 5.69 Å². The van der Waals surface area contributed by atoms with Gasteiger partial charge in [0.2, 0.25) is 0 Å². The number of aromatic amines is 1. The predicted molar refractivity (Wildman–Crippen MR) is 67.3 cm³/mol. The first kappa shape index (κ1) is 12.2. The van der Waals surface area contributed by atoms with Crippen molar-refractivity contribution in [1.82, 2.24) is 19.7 Å². The molecule has 5 nitrogen and oxygen atoms in total.